The number of aryl methyl sites for hydroxylation is 1. The summed E-state index contributed by atoms with van der Waals surface area (Å²) in [6.45, 7) is 2.90. The lowest BCUT2D eigenvalue weighted by Gasteiger charge is -2.37. The molecule has 140 valence electrons. The number of carbonyl (C=O) groups is 1. The zero-order valence-corrected chi connectivity index (χ0v) is 15.6. The van der Waals surface area contributed by atoms with E-state index in [1.54, 1.807) is 24.9 Å². The third-order valence-electron chi connectivity index (χ3n) is 5.44. The van der Waals surface area contributed by atoms with Gasteiger partial charge in [0.15, 0.2) is 5.76 Å². The average molecular weight is 379 g/mol. The van der Waals surface area contributed by atoms with Gasteiger partial charge in [-0.15, -0.1) is 0 Å². The molecule has 8 nitrogen and oxygen atoms in total. The standard InChI is InChI=1S/C17H21N3O5S/c1-12-15(10-14(24-12)13-4-7-18-25-13)26(22,23)20-9-6-17(11-20)5-3-8-19(2)16(17)21/h4,7,10H,3,5-6,8-9,11H2,1-2H3/t17-/m1/s1. The number of carbonyl (C=O) groups excluding carboxylic acids is 1. The van der Waals surface area contributed by atoms with Crippen molar-refractivity contribution in [3.63, 3.8) is 0 Å². The van der Waals surface area contributed by atoms with Gasteiger partial charge in [-0.05, 0) is 26.2 Å². The van der Waals surface area contributed by atoms with E-state index in [0.29, 0.717) is 30.2 Å². The van der Waals surface area contributed by atoms with Gasteiger partial charge >= 0.3 is 0 Å². The SMILES string of the molecule is Cc1oc(-c2ccno2)cc1S(=O)(=O)N1CC[C@]2(CCCN(C)C2=O)C1. The van der Waals surface area contributed by atoms with Crippen LogP contribution in [0.5, 0.6) is 0 Å². The Labute approximate surface area is 151 Å². The molecule has 0 aliphatic carbocycles. The minimum atomic E-state index is -3.75. The van der Waals surface area contributed by atoms with Crippen molar-refractivity contribution in [3.8, 4) is 11.5 Å². The van der Waals surface area contributed by atoms with Crippen LogP contribution in [0.1, 0.15) is 25.0 Å². The molecule has 1 spiro atoms. The van der Waals surface area contributed by atoms with Gasteiger partial charge in [-0.3, -0.25) is 4.79 Å². The highest BCUT2D eigenvalue weighted by Gasteiger charge is 2.50. The van der Waals surface area contributed by atoms with Crippen molar-refractivity contribution in [1.29, 1.82) is 0 Å². The van der Waals surface area contributed by atoms with E-state index in [4.69, 9.17) is 8.94 Å². The summed E-state index contributed by atoms with van der Waals surface area (Å²) in [6.07, 6.45) is 3.66. The van der Waals surface area contributed by atoms with Crippen LogP contribution in [0.25, 0.3) is 11.5 Å². The second kappa shape index (κ2) is 5.95. The molecule has 1 atom stereocenters. The number of likely N-dealkylation sites (tertiary alicyclic amines) is 1. The first-order valence-electron chi connectivity index (χ1n) is 8.61. The Bertz CT molecular complexity index is 934. The van der Waals surface area contributed by atoms with Crippen molar-refractivity contribution in [2.24, 2.45) is 5.41 Å². The van der Waals surface area contributed by atoms with Crippen molar-refractivity contribution in [2.75, 3.05) is 26.7 Å². The van der Waals surface area contributed by atoms with E-state index >= 15 is 0 Å². The summed E-state index contributed by atoms with van der Waals surface area (Å²) >= 11 is 0. The Balaban J connectivity index is 1.63. The largest absolute Gasteiger partial charge is 0.457 e. The fourth-order valence-electron chi connectivity index (χ4n) is 4.01. The third-order valence-corrected chi connectivity index (χ3v) is 7.39. The topological polar surface area (TPSA) is 96.9 Å². The quantitative estimate of drug-likeness (QED) is 0.808. The van der Waals surface area contributed by atoms with Crippen LogP contribution in [0.3, 0.4) is 0 Å². The highest BCUT2D eigenvalue weighted by molar-refractivity contribution is 7.89. The first-order valence-corrected chi connectivity index (χ1v) is 10.0. The molecule has 2 saturated heterocycles. The molecular weight excluding hydrogens is 358 g/mol. The molecule has 26 heavy (non-hydrogen) atoms. The Morgan fingerprint density at radius 3 is 2.77 bits per heavy atom. The molecule has 2 aliphatic rings. The first-order chi connectivity index (χ1) is 12.3. The van der Waals surface area contributed by atoms with Crippen molar-refractivity contribution < 1.29 is 22.2 Å². The number of hydrogen-bond donors (Lipinski definition) is 0. The number of rotatable bonds is 3. The van der Waals surface area contributed by atoms with Crippen LogP contribution in [0.2, 0.25) is 0 Å². The molecule has 0 N–H and O–H groups in total. The van der Waals surface area contributed by atoms with Gasteiger partial charge in [0, 0.05) is 38.8 Å². The molecule has 0 saturated carbocycles. The number of amides is 1. The van der Waals surface area contributed by atoms with Crippen molar-refractivity contribution >= 4 is 15.9 Å². The van der Waals surface area contributed by atoms with Gasteiger partial charge in [-0.25, -0.2) is 8.42 Å². The van der Waals surface area contributed by atoms with E-state index in [2.05, 4.69) is 5.16 Å². The minimum absolute atomic E-state index is 0.0488. The van der Waals surface area contributed by atoms with E-state index in [1.807, 2.05) is 0 Å². The van der Waals surface area contributed by atoms with Crippen LogP contribution in [0.4, 0.5) is 0 Å². The van der Waals surface area contributed by atoms with Crippen LogP contribution >= 0.6 is 0 Å². The molecule has 2 aliphatic heterocycles. The number of piperidine rings is 1. The summed E-state index contributed by atoms with van der Waals surface area (Å²) in [5.41, 5.74) is -0.592. The molecule has 1 amide bonds. The molecule has 0 unspecified atom stereocenters. The Morgan fingerprint density at radius 1 is 1.23 bits per heavy atom. The smallest absolute Gasteiger partial charge is 0.246 e. The zero-order chi connectivity index (χ0) is 18.5. The van der Waals surface area contributed by atoms with Gasteiger partial charge in [0.05, 0.1) is 11.6 Å². The number of furan rings is 1. The Hall–Kier alpha value is -2.13. The number of sulfonamides is 1. The van der Waals surface area contributed by atoms with Crippen molar-refractivity contribution in [2.45, 2.75) is 31.1 Å². The van der Waals surface area contributed by atoms with Crippen LogP contribution in [-0.4, -0.2) is 55.4 Å². The fourth-order valence-corrected chi connectivity index (χ4v) is 5.70. The van der Waals surface area contributed by atoms with Crippen molar-refractivity contribution in [3.05, 3.63) is 24.1 Å². The van der Waals surface area contributed by atoms with Gasteiger partial charge in [-0.1, -0.05) is 5.16 Å². The molecule has 0 radical (unpaired) electrons. The maximum atomic E-state index is 13.1. The van der Waals surface area contributed by atoms with Gasteiger partial charge in [-0.2, -0.15) is 4.31 Å². The highest BCUT2D eigenvalue weighted by Crippen LogP contribution is 2.42. The molecule has 0 bridgehead atoms. The Kier molecular flexibility index (Phi) is 3.96. The van der Waals surface area contributed by atoms with Gasteiger partial charge in [0.1, 0.15) is 10.7 Å². The normalized spacial score (nSPS) is 24.7. The fraction of sp³-hybridized carbons (Fsp3) is 0.529. The molecule has 2 fully saturated rings. The maximum Gasteiger partial charge on any atom is 0.246 e. The first kappa shape index (κ1) is 17.3. The van der Waals surface area contributed by atoms with Gasteiger partial charge < -0.3 is 13.8 Å². The second-order valence-electron chi connectivity index (χ2n) is 7.11. The monoisotopic (exact) mass is 379 g/mol. The summed E-state index contributed by atoms with van der Waals surface area (Å²) in [6, 6.07) is 3.07. The third kappa shape index (κ3) is 2.57. The predicted molar refractivity (Wildman–Crippen MR) is 91.6 cm³/mol. The lowest BCUT2D eigenvalue weighted by Crippen LogP contribution is -2.48. The number of nitrogens with zero attached hydrogens (tertiary/aromatic N) is 3. The van der Waals surface area contributed by atoms with Crippen LogP contribution in [0.15, 0.2) is 32.2 Å². The lowest BCUT2D eigenvalue weighted by molar-refractivity contribution is -0.143. The molecule has 4 rings (SSSR count). The molecule has 2 aromatic rings. The van der Waals surface area contributed by atoms with Crippen LogP contribution in [-0.2, 0) is 14.8 Å². The number of aromatic nitrogens is 1. The van der Waals surface area contributed by atoms with E-state index in [0.717, 1.165) is 19.4 Å². The maximum absolute atomic E-state index is 13.1. The lowest BCUT2D eigenvalue weighted by atomic mass is 9.78. The minimum Gasteiger partial charge on any atom is -0.457 e. The summed E-state index contributed by atoms with van der Waals surface area (Å²) < 4.78 is 38.3. The number of hydrogen-bond acceptors (Lipinski definition) is 6. The summed E-state index contributed by atoms with van der Waals surface area (Å²) in [7, 11) is -1.97. The predicted octanol–water partition coefficient (Wildman–Crippen LogP) is 1.88. The molecule has 9 heteroatoms. The van der Waals surface area contributed by atoms with E-state index in [-0.39, 0.29) is 17.3 Å². The Morgan fingerprint density at radius 2 is 2.04 bits per heavy atom. The van der Waals surface area contributed by atoms with Crippen molar-refractivity contribution in [1.82, 2.24) is 14.4 Å². The van der Waals surface area contributed by atoms with Crippen LogP contribution < -0.4 is 0 Å². The zero-order valence-electron chi connectivity index (χ0n) is 14.8. The summed E-state index contributed by atoms with van der Waals surface area (Å²) in [5.74, 6) is 1.04. The highest BCUT2D eigenvalue weighted by atomic mass is 32.2. The van der Waals surface area contributed by atoms with E-state index in [1.165, 1.54) is 16.6 Å². The van der Waals surface area contributed by atoms with Gasteiger partial charge in [0.25, 0.3) is 0 Å². The van der Waals surface area contributed by atoms with Crippen LogP contribution in [0, 0.1) is 12.3 Å². The molecule has 2 aromatic heterocycles. The summed E-state index contributed by atoms with van der Waals surface area (Å²) in [4.78, 5) is 14.5. The van der Waals surface area contributed by atoms with Gasteiger partial charge in [0.2, 0.25) is 21.7 Å². The average Bonchev–Trinajstić information content (AvgIpc) is 3.32. The second-order valence-corrected chi connectivity index (χ2v) is 9.01. The summed E-state index contributed by atoms with van der Waals surface area (Å²) in [5, 5.41) is 3.61. The van der Waals surface area contributed by atoms with E-state index in [9.17, 15) is 13.2 Å². The molecule has 0 aromatic carbocycles. The molecular formula is C17H21N3O5S. The van der Waals surface area contributed by atoms with E-state index < -0.39 is 15.4 Å². The molecule has 4 heterocycles.